The molecule has 0 aliphatic heterocycles. The van der Waals surface area contributed by atoms with Crippen LogP contribution in [0.25, 0.3) is 0 Å². The minimum absolute atomic E-state index is 0. The average molecular weight is 969 g/mol. The summed E-state index contributed by atoms with van der Waals surface area (Å²) in [6.45, 7) is 0. The Morgan fingerprint density at radius 1 is 0.467 bits per heavy atom. The molecule has 0 N–H and O–H groups in total. The summed E-state index contributed by atoms with van der Waals surface area (Å²) in [5.74, 6) is 0. The topological polar surface area (TPSA) is 17.6 Å². The van der Waals surface area contributed by atoms with Gasteiger partial charge >= 0.3 is 21.1 Å². The molecule has 0 aromatic carbocycles. The van der Waals surface area contributed by atoms with Crippen molar-refractivity contribution in [2.45, 2.75) is 161 Å². The monoisotopic (exact) mass is 965 g/mol. The zero-order valence-corrected chi connectivity index (χ0v) is 34.4. The molecule has 4 aliphatic carbocycles. The summed E-state index contributed by atoms with van der Waals surface area (Å²) in [6, 6.07) is 2.92. The van der Waals surface area contributed by atoms with Crippen molar-refractivity contribution in [3.63, 3.8) is 0 Å². The number of aromatic nitrogens is 4. The van der Waals surface area contributed by atoms with E-state index in [-0.39, 0.29) is 45.9 Å². The van der Waals surface area contributed by atoms with Crippen LogP contribution in [0.1, 0.15) is 153 Å². The molecule has 0 radical (unpaired) electrons. The van der Waals surface area contributed by atoms with Gasteiger partial charge in [-0.1, -0.05) is 95.3 Å². The van der Waals surface area contributed by atoms with E-state index in [0.717, 1.165) is 24.2 Å². The Morgan fingerprint density at radius 2 is 0.711 bits per heavy atom. The molecule has 13 heteroatoms. The first-order valence-electron chi connectivity index (χ1n) is 16.2. The van der Waals surface area contributed by atoms with Crippen molar-refractivity contribution >= 4 is 69.6 Å². The molecule has 4 aliphatic rings. The van der Waals surface area contributed by atoms with Gasteiger partial charge in [0.2, 0.25) is 12.7 Å². The van der Waals surface area contributed by atoms with E-state index in [9.17, 15) is 0 Å². The van der Waals surface area contributed by atoms with Gasteiger partial charge in [-0.2, -0.15) is 0 Å². The van der Waals surface area contributed by atoms with Crippen molar-refractivity contribution in [3.05, 3.63) is 37.4 Å². The summed E-state index contributed by atoms with van der Waals surface area (Å²) in [6.07, 6.45) is 44.0. The largest absolute Gasteiger partial charge is 2.00 e. The van der Waals surface area contributed by atoms with Gasteiger partial charge in [-0.3, -0.25) is 0 Å². The molecule has 0 amide bonds. The zero-order valence-electron chi connectivity index (χ0n) is 26.0. The number of alkyl halides is 6. The van der Waals surface area contributed by atoms with Crippen LogP contribution in [0.15, 0.2) is 24.8 Å². The van der Waals surface area contributed by atoms with E-state index < -0.39 is 8.59 Å². The van der Waals surface area contributed by atoms with E-state index in [1.54, 1.807) is 0 Å². The van der Waals surface area contributed by atoms with Crippen LogP contribution < -0.4 is 33.9 Å². The number of halogens is 8. The van der Waals surface area contributed by atoms with Crippen LogP contribution in [0.4, 0.5) is 0 Å². The molecular formula is C32H50Cl8N4Pt. The number of hydrogen-bond acceptors (Lipinski definition) is 0. The minimum Gasteiger partial charge on any atom is -1.00 e. The summed E-state index contributed by atoms with van der Waals surface area (Å²) in [5, 5.41) is 0. The molecule has 0 unspecified atom stereocenters. The van der Waals surface area contributed by atoms with Crippen LogP contribution in [-0.4, -0.2) is 17.7 Å². The summed E-state index contributed by atoms with van der Waals surface area (Å²) in [4.78, 5) is 0. The van der Waals surface area contributed by atoms with Gasteiger partial charge < -0.3 is 43.1 Å². The number of nitrogens with zero attached hydrogens (tertiary/aromatic N) is 4. The van der Waals surface area contributed by atoms with Crippen molar-refractivity contribution in [2.24, 2.45) is 0 Å². The van der Waals surface area contributed by atoms with Crippen LogP contribution in [0, 0.1) is 12.7 Å². The first-order valence-corrected chi connectivity index (χ1v) is 18.8. The molecule has 4 fully saturated rings. The molecule has 0 bridgehead atoms. The Bertz CT molecular complexity index is 806. The third-order valence-corrected chi connectivity index (χ3v) is 9.11. The van der Waals surface area contributed by atoms with Gasteiger partial charge in [0.05, 0.1) is 24.2 Å². The van der Waals surface area contributed by atoms with Gasteiger partial charge in [-0.05, 0) is 128 Å². The fourth-order valence-electron chi connectivity index (χ4n) is 6.94. The first kappa shape index (κ1) is 46.4. The van der Waals surface area contributed by atoms with Crippen LogP contribution >= 0.6 is 69.6 Å². The van der Waals surface area contributed by atoms with Gasteiger partial charge in [0.25, 0.3) is 0 Å². The second-order valence-corrected chi connectivity index (χ2v) is 16.0. The maximum Gasteiger partial charge on any atom is 2.00 e. The Morgan fingerprint density at radius 3 is 0.978 bits per heavy atom. The standard InChI is InChI=1S/2C15H24N2.2CHCl3.2ClH.Pt/c2*1-3-7-14(8-4-1)16-11-12-17(13-16)15-9-5-2-6-10-15;2*2-1(3)4;;;/h2*11-12,14-15H,1-10H2;2*1H;2*1H;/q;;;;;;+2/p-2. The summed E-state index contributed by atoms with van der Waals surface area (Å²) < 4.78 is 7.92. The second-order valence-electron chi connectivity index (χ2n) is 12.1. The van der Waals surface area contributed by atoms with E-state index in [0.29, 0.717) is 0 Å². The number of hydrogen-bond donors (Lipinski definition) is 0. The maximum absolute atomic E-state index is 4.81. The SMILES string of the molecule is ClC(Cl)Cl.ClC(Cl)Cl.[Cl-].[Cl-].[Pt+2].[c-]1n(C2CCCCC2)cc[n+]1C1CCCCC1.[c-]1n(C2CCCCC2)cc[n+]1C1CCCCC1. The van der Waals surface area contributed by atoms with Crippen molar-refractivity contribution in [2.75, 3.05) is 0 Å². The summed E-state index contributed by atoms with van der Waals surface area (Å²) in [7, 11) is 0. The molecular weight excluding hydrogens is 919 g/mol. The number of rotatable bonds is 4. The molecule has 2 heterocycles. The van der Waals surface area contributed by atoms with Crippen LogP contribution in [0.2, 0.25) is 0 Å². The molecule has 0 saturated heterocycles. The predicted molar refractivity (Wildman–Crippen MR) is 178 cm³/mol. The van der Waals surface area contributed by atoms with Gasteiger partial charge in [-0.25, -0.2) is 0 Å². The van der Waals surface area contributed by atoms with Gasteiger partial charge in [-0.15, -0.1) is 0 Å². The predicted octanol–water partition coefficient (Wildman–Crippen LogP) is 5.15. The third-order valence-electron chi connectivity index (χ3n) is 9.11. The van der Waals surface area contributed by atoms with Gasteiger partial charge in [0, 0.05) is 0 Å². The molecule has 2 aromatic rings. The van der Waals surface area contributed by atoms with Crippen LogP contribution in [0.5, 0.6) is 0 Å². The van der Waals surface area contributed by atoms with Crippen molar-refractivity contribution in [1.29, 1.82) is 0 Å². The fourth-order valence-corrected chi connectivity index (χ4v) is 6.94. The van der Waals surface area contributed by atoms with Crippen LogP contribution in [-0.2, 0) is 21.1 Å². The summed E-state index contributed by atoms with van der Waals surface area (Å²) in [5.41, 5.74) is 0. The minimum atomic E-state index is -0.750. The Kier molecular flexibility index (Phi) is 28.1. The average Bonchev–Trinajstić information content (AvgIpc) is 3.70. The van der Waals surface area contributed by atoms with Crippen molar-refractivity contribution in [1.82, 2.24) is 9.13 Å². The number of imidazole rings is 2. The maximum atomic E-state index is 4.81. The van der Waals surface area contributed by atoms with E-state index in [4.69, 9.17) is 69.6 Å². The Labute approximate surface area is 329 Å². The van der Waals surface area contributed by atoms with E-state index in [2.05, 4.69) is 55.7 Å². The van der Waals surface area contributed by atoms with Gasteiger partial charge in [0.15, 0.2) is 8.59 Å². The van der Waals surface area contributed by atoms with E-state index in [1.807, 2.05) is 0 Å². The van der Waals surface area contributed by atoms with E-state index >= 15 is 0 Å². The van der Waals surface area contributed by atoms with Gasteiger partial charge in [0.1, 0.15) is 0 Å². The first-order chi connectivity index (χ1) is 20.3. The molecule has 6 rings (SSSR count). The smallest absolute Gasteiger partial charge is 1.00 e. The Hall–Kier alpha value is 1.43. The molecule has 264 valence electrons. The zero-order chi connectivity index (χ0) is 30.2. The summed E-state index contributed by atoms with van der Waals surface area (Å²) >= 11 is 28.8. The molecule has 0 atom stereocenters. The van der Waals surface area contributed by atoms with Crippen molar-refractivity contribution < 1.29 is 55.0 Å². The molecule has 2 aromatic heterocycles. The molecule has 45 heavy (non-hydrogen) atoms. The Balaban J connectivity index is 0.000000662. The molecule has 4 nitrogen and oxygen atoms in total. The van der Waals surface area contributed by atoms with Crippen LogP contribution in [0.3, 0.4) is 0 Å². The van der Waals surface area contributed by atoms with Crippen molar-refractivity contribution in [3.8, 4) is 0 Å². The molecule has 0 spiro atoms. The fraction of sp³-hybridized carbons (Fsp3) is 0.812. The second kappa shape index (κ2) is 27.2. The molecule has 4 saturated carbocycles. The van der Waals surface area contributed by atoms with E-state index in [1.165, 1.54) is 128 Å². The normalized spacial score (nSPS) is 19.7. The quantitative estimate of drug-likeness (QED) is 0.230. The third kappa shape index (κ3) is 18.8.